The number of aliphatic hydroxyl groups is 1. The first-order valence-electron chi connectivity index (χ1n) is 7.78. The monoisotopic (exact) mass is 312 g/mol. The van der Waals surface area contributed by atoms with E-state index < -0.39 is 0 Å². The molecule has 0 aromatic carbocycles. The number of hydrogen-bond donors (Lipinski definition) is 1. The Bertz CT molecular complexity index is 376. The summed E-state index contributed by atoms with van der Waals surface area (Å²) < 4.78 is 0.397. The molecule has 1 aliphatic heterocycles. The van der Waals surface area contributed by atoms with Gasteiger partial charge in [-0.2, -0.15) is 0 Å². The SMILES string of the molecule is CC(C)=CC/C=C(\C)C1CC2(CCC1O)SCCCS2. The molecule has 1 nitrogen and oxygen atoms in total. The Morgan fingerprint density at radius 2 is 1.90 bits per heavy atom. The van der Waals surface area contributed by atoms with Gasteiger partial charge in [0.2, 0.25) is 0 Å². The zero-order chi connectivity index (χ0) is 14.6. The lowest BCUT2D eigenvalue weighted by atomic mass is 9.81. The quantitative estimate of drug-likeness (QED) is 0.739. The molecule has 0 amide bonds. The van der Waals surface area contributed by atoms with Crippen molar-refractivity contribution in [2.75, 3.05) is 11.5 Å². The Morgan fingerprint density at radius 3 is 2.55 bits per heavy atom. The molecular formula is C17H28OS2. The summed E-state index contributed by atoms with van der Waals surface area (Å²) in [6, 6.07) is 0. The van der Waals surface area contributed by atoms with Crippen molar-refractivity contribution in [3.63, 3.8) is 0 Å². The van der Waals surface area contributed by atoms with E-state index in [1.807, 2.05) is 0 Å². The van der Waals surface area contributed by atoms with Gasteiger partial charge < -0.3 is 5.11 Å². The Morgan fingerprint density at radius 1 is 1.20 bits per heavy atom. The van der Waals surface area contributed by atoms with Crippen molar-refractivity contribution in [2.45, 2.75) is 63.1 Å². The molecule has 2 rings (SSSR count). The van der Waals surface area contributed by atoms with Crippen molar-refractivity contribution in [3.8, 4) is 0 Å². The highest BCUT2D eigenvalue weighted by Gasteiger charge is 2.42. The molecule has 1 heterocycles. The van der Waals surface area contributed by atoms with Gasteiger partial charge in [0.1, 0.15) is 0 Å². The Labute approximate surface area is 132 Å². The van der Waals surface area contributed by atoms with Crippen molar-refractivity contribution in [1.82, 2.24) is 0 Å². The molecule has 2 atom stereocenters. The molecule has 2 aliphatic rings. The van der Waals surface area contributed by atoms with Crippen LogP contribution in [0.25, 0.3) is 0 Å². The highest BCUT2D eigenvalue weighted by atomic mass is 32.2. The normalized spacial score (nSPS) is 30.3. The van der Waals surface area contributed by atoms with Crippen LogP contribution in [0.3, 0.4) is 0 Å². The maximum atomic E-state index is 10.4. The molecule has 1 saturated heterocycles. The second-order valence-corrected chi connectivity index (χ2v) is 9.56. The van der Waals surface area contributed by atoms with Gasteiger partial charge in [-0.15, -0.1) is 23.5 Å². The van der Waals surface area contributed by atoms with E-state index in [0.29, 0.717) is 10.00 Å². The van der Waals surface area contributed by atoms with E-state index in [1.165, 1.54) is 35.5 Å². The number of aliphatic hydroxyl groups excluding tert-OH is 1. The highest BCUT2D eigenvalue weighted by Crippen LogP contribution is 2.53. The molecule has 1 spiro atoms. The average molecular weight is 313 g/mol. The molecule has 114 valence electrons. The van der Waals surface area contributed by atoms with Gasteiger partial charge in [-0.25, -0.2) is 0 Å². The minimum atomic E-state index is -0.133. The van der Waals surface area contributed by atoms with Crippen LogP contribution in [-0.4, -0.2) is 26.8 Å². The second-order valence-electron chi connectivity index (χ2n) is 6.34. The van der Waals surface area contributed by atoms with Gasteiger partial charge >= 0.3 is 0 Å². The van der Waals surface area contributed by atoms with Gasteiger partial charge in [0, 0.05) is 5.92 Å². The third-order valence-corrected chi connectivity index (χ3v) is 7.87. The lowest BCUT2D eigenvalue weighted by molar-refractivity contribution is 0.0856. The maximum Gasteiger partial charge on any atom is 0.0618 e. The van der Waals surface area contributed by atoms with Crippen LogP contribution in [0.1, 0.15) is 52.9 Å². The molecular weight excluding hydrogens is 284 g/mol. The van der Waals surface area contributed by atoms with Crippen LogP contribution >= 0.6 is 23.5 Å². The fraction of sp³-hybridized carbons (Fsp3) is 0.765. The van der Waals surface area contributed by atoms with Crippen molar-refractivity contribution >= 4 is 23.5 Å². The van der Waals surface area contributed by atoms with E-state index in [-0.39, 0.29) is 6.10 Å². The summed E-state index contributed by atoms with van der Waals surface area (Å²) in [6.45, 7) is 6.50. The summed E-state index contributed by atoms with van der Waals surface area (Å²) in [5.41, 5.74) is 2.76. The van der Waals surface area contributed by atoms with E-state index in [0.717, 1.165) is 19.3 Å². The van der Waals surface area contributed by atoms with E-state index in [2.05, 4.69) is 56.4 Å². The van der Waals surface area contributed by atoms with Crippen molar-refractivity contribution in [3.05, 3.63) is 23.3 Å². The van der Waals surface area contributed by atoms with Crippen LogP contribution in [0.4, 0.5) is 0 Å². The average Bonchev–Trinajstić information content (AvgIpc) is 2.42. The first-order chi connectivity index (χ1) is 9.52. The van der Waals surface area contributed by atoms with Crippen LogP contribution in [0.15, 0.2) is 23.3 Å². The standard InChI is InChI=1S/C17H28OS2/c1-13(2)6-4-7-14(3)15-12-17(9-8-16(15)18)19-10-5-11-20-17/h6-7,15-16,18H,4-5,8-12H2,1-3H3/b14-7+. The fourth-order valence-electron chi connectivity index (χ4n) is 3.12. The summed E-state index contributed by atoms with van der Waals surface area (Å²) in [4.78, 5) is 0. The van der Waals surface area contributed by atoms with E-state index >= 15 is 0 Å². The highest BCUT2D eigenvalue weighted by molar-refractivity contribution is 8.18. The lowest BCUT2D eigenvalue weighted by Crippen LogP contribution is -2.39. The molecule has 0 bridgehead atoms. The Balaban J connectivity index is 2.02. The summed E-state index contributed by atoms with van der Waals surface area (Å²) in [6.07, 6.45) is 10.1. The van der Waals surface area contributed by atoms with E-state index in [1.54, 1.807) is 0 Å². The number of hydrogen-bond acceptors (Lipinski definition) is 3. The zero-order valence-corrected chi connectivity index (χ0v) is 14.7. The first kappa shape index (κ1) is 16.5. The number of rotatable bonds is 3. The van der Waals surface area contributed by atoms with Crippen LogP contribution < -0.4 is 0 Å². The van der Waals surface area contributed by atoms with Gasteiger partial charge in [0.15, 0.2) is 0 Å². The lowest BCUT2D eigenvalue weighted by Gasteiger charge is -2.44. The predicted molar refractivity (Wildman–Crippen MR) is 93.4 cm³/mol. The van der Waals surface area contributed by atoms with Gasteiger partial charge in [-0.05, 0) is 64.4 Å². The predicted octanol–water partition coefficient (Wildman–Crippen LogP) is 5.02. The van der Waals surface area contributed by atoms with Crippen LogP contribution in [0.2, 0.25) is 0 Å². The minimum absolute atomic E-state index is 0.133. The van der Waals surface area contributed by atoms with Gasteiger partial charge in [-0.1, -0.05) is 23.3 Å². The van der Waals surface area contributed by atoms with Crippen molar-refractivity contribution in [1.29, 1.82) is 0 Å². The fourth-order valence-corrected chi connectivity index (χ4v) is 6.57. The Kier molecular flexibility index (Phi) is 6.12. The molecule has 2 fully saturated rings. The van der Waals surface area contributed by atoms with E-state index in [4.69, 9.17) is 0 Å². The second kappa shape index (κ2) is 7.42. The number of allylic oxidation sites excluding steroid dienone is 3. The topological polar surface area (TPSA) is 20.2 Å². The summed E-state index contributed by atoms with van der Waals surface area (Å²) in [7, 11) is 0. The molecule has 0 aromatic rings. The van der Waals surface area contributed by atoms with Gasteiger partial charge in [0.05, 0.1) is 10.2 Å². The summed E-state index contributed by atoms with van der Waals surface area (Å²) >= 11 is 4.30. The van der Waals surface area contributed by atoms with E-state index in [9.17, 15) is 5.11 Å². The maximum absolute atomic E-state index is 10.4. The third kappa shape index (κ3) is 4.32. The summed E-state index contributed by atoms with van der Waals surface area (Å²) in [5, 5.41) is 10.4. The van der Waals surface area contributed by atoms with Gasteiger partial charge in [0.25, 0.3) is 0 Å². The number of thioether (sulfide) groups is 2. The molecule has 0 radical (unpaired) electrons. The first-order valence-corrected chi connectivity index (χ1v) is 9.75. The molecule has 2 unspecified atom stereocenters. The zero-order valence-electron chi connectivity index (χ0n) is 13.0. The molecule has 1 N–H and O–H groups in total. The van der Waals surface area contributed by atoms with Crippen LogP contribution in [-0.2, 0) is 0 Å². The Hall–Kier alpha value is 0.140. The minimum Gasteiger partial charge on any atom is -0.393 e. The van der Waals surface area contributed by atoms with Crippen LogP contribution in [0.5, 0.6) is 0 Å². The van der Waals surface area contributed by atoms with Gasteiger partial charge in [-0.3, -0.25) is 0 Å². The largest absolute Gasteiger partial charge is 0.393 e. The van der Waals surface area contributed by atoms with Crippen LogP contribution in [0, 0.1) is 5.92 Å². The molecule has 20 heavy (non-hydrogen) atoms. The molecule has 0 aromatic heterocycles. The summed E-state index contributed by atoms with van der Waals surface area (Å²) in [5.74, 6) is 2.97. The smallest absolute Gasteiger partial charge is 0.0618 e. The third-order valence-electron chi connectivity index (χ3n) is 4.39. The molecule has 1 saturated carbocycles. The van der Waals surface area contributed by atoms with Crippen molar-refractivity contribution in [2.24, 2.45) is 5.92 Å². The van der Waals surface area contributed by atoms with Crippen molar-refractivity contribution < 1.29 is 5.11 Å². The molecule has 1 aliphatic carbocycles. The molecule has 3 heteroatoms.